The van der Waals surface area contributed by atoms with E-state index in [9.17, 15) is 9.50 Å². The molecule has 37 heavy (non-hydrogen) atoms. The lowest BCUT2D eigenvalue weighted by Gasteiger charge is -2.29. The van der Waals surface area contributed by atoms with Gasteiger partial charge in [0.2, 0.25) is 0 Å². The third-order valence-corrected chi connectivity index (χ3v) is 7.16. The van der Waals surface area contributed by atoms with Gasteiger partial charge in [-0.05, 0) is 20.8 Å². The monoisotopic (exact) mass is 542 g/mol. The molecule has 11 nitrogen and oxygen atoms in total. The summed E-state index contributed by atoms with van der Waals surface area (Å²) >= 11 is 0. The maximum atomic E-state index is 13.2. The molecule has 12 atom stereocenters. The van der Waals surface area contributed by atoms with Gasteiger partial charge in [0.1, 0.15) is 48.3 Å². The summed E-state index contributed by atoms with van der Waals surface area (Å²) in [5, 5.41) is 9.55. The van der Waals surface area contributed by atoms with Gasteiger partial charge in [0.15, 0.2) is 6.17 Å². The van der Waals surface area contributed by atoms with Crippen LogP contribution in [0.5, 0.6) is 0 Å². The SMILES string of the molecule is COC[C@@]12COC([C@H](C)O1)[C@H]2OC.COC[C@H]1O[C@@H](C)C(F)[C@H]1OC.COC[C@H]1O[C@@H](C)C(O)[C@H]1OC. The fourth-order valence-corrected chi connectivity index (χ4v) is 5.37. The summed E-state index contributed by atoms with van der Waals surface area (Å²) in [5.74, 6) is 0. The van der Waals surface area contributed by atoms with E-state index >= 15 is 0 Å². The standard InChI is InChI=1S/C9H16O4.C8H15FO3.C8H16O4/c1-6-7-8(11-3)9(13-6,4-10-2)5-12-7;2*1-5-7(9)8(11-3)6(12-5)4-10-2/h6-8H,4-5H2,1-3H3;5-8H,4H2,1-3H3;5-9H,4H2,1-3H3/t6-,7?,8+,9-;2*5-,6+,7?,8-/m000/s1. The van der Waals surface area contributed by atoms with Crippen molar-refractivity contribution >= 4 is 0 Å². The molecule has 4 aliphatic rings. The quantitative estimate of drug-likeness (QED) is 0.446. The Labute approximate surface area is 220 Å². The Morgan fingerprint density at radius 1 is 0.784 bits per heavy atom. The van der Waals surface area contributed by atoms with Crippen LogP contribution in [0, 0.1) is 0 Å². The summed E-state index contributed by atoms with van der Waals surface area (Å²) in [5.41, 5.74) is -0.367. The van der Waals surface area contributed by atoms with Crippen LogP contribution >= 0.6 is 0 Å². The van der Waals surface area contributed by atoms with Gasteiger partial charge in [0, 0.05) is 42.7 Å². The Kier molecular flexibility index (Phi) is 13.5. The van der Waals surface area contributed by atoms with Crippen LogP contribution in [-0.2, 0) is 47.4 Å². The van der Waals surface area contributed by atoms with E-state index in [0.29, 0.717) is 26.4 Å². The third-order valence-electron chi connectivity index (χ3n) is 7.16. The van der Waals surface area contributed by atoms with Gasteiger partial charge in [0.05, 0.1) is 44.7 Å². The van der Waals surface area contributed by atoms with Crippen molar-refractivity contribution in [3.8, 4) is 0 Å². The summed E-state index contributed by atoms with van der Waals surface area (Å²) in [6, 6.07) is 0. The van der Waals surface area contributed by atoms with E-state index in [2.05, 4.69) is 0 Å². The first-order valence-corrected chi connectivity index (χ1v) is 12.6. The van der Waals surface area contributed by atoms with E-state index in [4.69, 9.17) is 47.4 Å². The maximum Gasteiger partial charge on any atom is 0.154 e. The molecule has 220 valence electrons. The number of aliphatic hydroxyl groups is 1. The zero-order chi connectivity index (χ0) is 27.8. The molecule has 0 aliphatic carbocycles. The molecule has 4 aliphatic heterocycles. The molecule has 12 heteroatoms. The van der Waals surface area contributed by atoms with E-state index in [1.165, 1.54) is 7.11 Å². The number of fused-ring (bicyclic) bond motifs is 2. The fourth-order valence-electron chi connectivity index (χ4n) is 5.37. The summed E-state index contributed by atoms with van der Waals surface area (Å²) in [6.45, 7) is 7.48. The van der Waals surface area contributed by atoms with Crippen molar-refractivity contribution in [1.29, 1.82) is 0 Å². The van der Waals surface area contributed by atoms with Crippen molar-refractivity contribution in [2.45, 2.75) is 93.6 Å². The average molecular weight is 543 g/mol. The molecule has 4 rings (SSSR count). The van der Waals surface area contributed by atoms with Crippen LogP contribution in [0.3, 0.4) is 0 Å². The van der Waals surface area contributed by atoms with Crippen LogP contribution in [0.4, 0.5) is 4.39 Å². The van der Waals surface area contributed by atoms with Gasteiger partial charge in [0.25, 0.3) is 0 Å². The summed E-state index contributed by atoms with van der Waals surface area (Å²) in [6.07, 6.45) is -3.14. The summed E-state index contributed by atoms with van der Waals surface area (Å²) in [4.78, 5) is 0. The second kappa shape index (κ2) is 15.3. The molecular formula is C25H47FO11. The predicted molar refractivity (Wildman–Crippen MR) is 131 cm³/mol. The van der Waals surface area contributed by atoms with Crippen molar-refractivity contribution in [1.82, 2.24) is 0 Å². The molecule has 4 fully saturated rings. The van der Waals surface area contributed by atoms with Crippen molar-refractivity contribution < 1.29 is 56.9 Å². The molecule has 4 saturated heterocycles. The minimum absolute atomic E-state index is 0.0162. The highest BCUT2D eigenvalue weighted by molar-refractivity contribution is 5.07. The molecule has 0 amide bonds. The number of rotatable bonds is 9. The van der Waals surface area contributed by atoms with Crippen LogP contribution in [0.1, 0.15) is 20.8 Å². The highest BCUT2D eigenvalue weighted by Gasteiger charge is 2.60. The van der Waals surface area contributed by atoms with Crippen LogP contribution in [0.15, 0.2) is 0 Å². The van der Waals surface area contributed by atoms with Gasteiger partial charge in [-0.3, -0.25) is 0 Å². The second-order valence-corrected chi connectivity index (χ2v) is 9.76. The third kappa shape index (κ3) is 7.57. The molecule has 2 bridgehead atoms. The fraction of sp³-hybridized carbons (Fsp3) is 1.00. The Bertz CT molecular complexity index is 614. The Morgan fingerprint density at radius 3 is 1.84 bits per heavy atom. The number of hydrogen-bond acceptors (Lipinski definition) is 11. The lowest BCUT2D eigenvalue weighted by Crippen LogP contribution is -2.45. The topological polar surface area (TPSA) is 113 Å². The molecular weight excluding hydrogens is 495 g/mol. The molecule has 0 saturated carbocycles. The van der Waals surface area contributed by atoms with Crippen molar-refractivity contribution in [2.75, 3.05) is 69.1 Å². The minimum atomic E-state index is -1.05. The van der Waals surface area contributed by atoms with Gasteiger partial charge in [-0.15, -0.1) is 0 Å². The molecule has 0 aromatic rings. The molecule has 0 aromatic heterocycles. The highest BCUT2D eigenvalue weighted by atomic mass is 19.1. The normalized spacial score (nSPS) is 44.4. The van der Waals surface area contributed by atoms with Crippen molar-refractivity contribution in [3.05, 3.63) is 0 Å². The molecule has 1 N–H and O–H groups in total. The van der Waals surface area contributed by atoms with E-state index < -0.39 is 24.5 Å². The van der Waals surface area contributed by atoms with E-state index in [1.54, 1.807) is 42.5 Å². The first-order valence-electron chi connectivity index (χ1n) is 12.6. The predicted octanol–water partition coefficient (Wildman–Crippen LogP) is 0.773. The smallest absolute Gasteiger partial charge is 0.154 e. The van der Waals surface area contributed by atoms with Crippen LogP contribution in [0.2, 0.25) is 0 Å². The number of methoxy groups -OCH3 is 6. The van der Waals surface area contributed by atoms with Gasteiger partial charge < -0.3 is 52.5 Å². The lowest BCUT2D eigenvalue weighted by atomic mass is 10.00. The van der Waals surface area contributed by atoms with E-state index in [-0.39, 0.29) is 48.3 Å². The maximum absolute atomic E-state index is 13.2. The van der Waals surface area contributed by atoms with Gasteiger partial charge in [-0.1, -0.05) is 0 Å². The zero-order valence-corrected chi connectivity index (χ0v) is 23.6. The number of ether oxygens (including phenoxy) is 10. The number of hydrogen-bond donors (Lipinski definition) is 1. The first kappa shape index (κ1) is 32.7. The first-order chi connectivity index (χ1) is 17.6. The van der Waals surface area contributed by atoms with Crippen LogP contribution in [0.25, 0.3) is 0 Å². The average Bonchev–Trinajstić information content (AvgIpc) is 3.53. The van der Waals surface area contributed by atoms with E-state index in [1.807, 2.05) is 13.8 Å². The molecule has 0 radical (unpaired) electrons. The molecule has 4 heterocycles. The summed E-state index contributed by atoms with van der Waals surface area (Å²) in [7, 11) is 9.58. The Balaban J connectivity index is 0.000000195. The van der Waals surface area contributed by atoms with Gasteiger partial charge in [-0.2, -0.15) is 0 Å². The van der Waals surface area contributed by atoms with Crippen LogP contribution in [-0.4, -0.2) is 147 Å². The number of halogens is 1. The Hall–Kier alpha value is -0.510. The largest absolute Gasteiger partial charge is 0.388 e. The molecule has 0 spiro atoms. The zero-order valence-electron chi connectivity index (χ0n) is 23.6. The number of aliphatic hydroxyl groups excluding tert-OH is 1. The molecule has 0 aromatic carbocycles. The van der Waals surface area contributed by atoms with Gasteiger partial charge in [-0.25, -0.2) is 4.39 Å². The molecule has 3 unspecified atom stereocenters. The van der Waals surface area contributed by atoms with Gasteiger partial charge >= 0.3 is 0 Å². The second-order valence-electron chi connectivity index (χ2n) is 9.76. The lowest BCUT2D eigenvalue weighted by molar-refractivity contribution is -0.161. The highest BCUT2D eigenvalue weighted by Crippen LogP contribution is 2.41. The van der Waals surface area contributed by atoms with E-state index in [0.717, 1.165) is 0 Å². The summed E-state index contributed by atoms with van der Waals surface area (Å²) < 4.78 is 65.8. The Morgan fingerprint density at radius 2 is 1.35 bits per heavy atom. The van der Waals surface area contributed by atoms with Crippen molar-refractivity contribution in [3.63, 3.8) is 0 Å². The number of alkyl halides is 1. The van der Waals surface area contributed by atoms with Crippen LogP contribution < -0.4 is 0 Å². The minimum Gasteiger partial charge on any atom is -0.388 e. The van der Waals surface area contributed by atoms with Crippen molar-refractivity contribution in [2.24, 2.45) is 0 Å².